The van der Waals surface area contributed by atoms with E-state index in [1.165, 1.54) is 42.4 Å². The van der Waals surface area contributed by atoms with Crippen molar-refractivity contribution in [3.8, 4) is 0 Å². The number of hydrogen-bond donors (Lipinski definition) is 1. The second-order valence-corrected chi connectivity index (χ2v) is 6.08. The first kappa shape index (κ1) is 13.6. The molecular weight excluding hydrogens is 218 g/mol. The molecule has 1 aromatic carbocycles. The summed E-state index contributed by atoms with van der Waals surface area (Å²) in [4.78, 5) is 0. The zero-order valence-electron chi connectivity index (χ0n) is 12.3. The molecular formula is C17H27N. The van der Waals surface area contributed by atoms with Crippen LogP contribution >= 0.6 is 0 Å². The minimum absolute atomic E-state index is 0.459. The van der Waals surface area contributed by atoms with E-state index in [1.54, 1.807) is 0 Å². The Morgan fingerprint density at radius 1 is 1.11 bits per heavy atom. The summed E-state index contributed by atoms with van der Waals surface area (Å²) < 4.78 is 0. The molecule has 0 bridgehead atoms. The van der Waals surface area contributed by atoms with E-state index in [0.29, 0.717) is 12.1 Å². The summed E-state index contributed by atoms with van der Waals surface area (Å²) in [7, 11) is 0. The standard InChI is InChI=1S/C17H27N/c1-12-9-10-17(13(2)11-12)15(4)18-14(3)16-7-5-6-8-16/h9-11,14-16,18H,5-8H2,1-4H3. The Bertz CT molecular complexity index is 391. The predicted molar refractivity (Wildman–Crippen MR) is 78.9 cm³/mol. The van der Waals surface area contributed by atoms with Crippen LogP contribution in [0.4, 0.5) is 0 Å². The van der Waals surface area contributed by atoms with Gasteiger partial charge in [-0.1, -0.05) is 36.6 Å². The minimum atomic E-state index is 0.459. The van der Waals surface area contributed by atoms with E-state index >= 15 is 0 Å². The van der Waals surface area contributed by atoms with E-state index in [4.69, 9.17) is 0 Å². The number of benzene rings is 1. The van der Waals surface area contributed by atoms with Crippen LogP contribution in [0, 0.1) is 19.8 Å². The zero-order valence-corrected chi connectivity index (χ0v) is 12.3. The van der Waals surface area contributed by atoms with E-state index in [2.05, 4.69) is 51.2 Å². The van der Waals surface area contributed by atoms with Gasteiger partial charge in [-0.05, 0) is 57.6 Å². The molecule has 0 heterocycles. The molecule has 2 unspecified atom stereocenters. The maximum absolute atomic E-state index is 3.80. The van der Waals surface area contributed by atoms with Gasteiger partial charge in [0.25, 0.3) is 0 Å². The van der Waals surface area contributed by atoms with E-state index < -0.39 is 0 Å². The molecule has 1 saturated carbocycles. The van der Waals surface area contributed by atoms with Crippen LogP contribution in [0.2, 0.25) is 0 Å². The highest BCUT2D eigenvalue weighted by atomic mass is 14.9. The number of rotatable bonds is 4. The van der Waals surface area contributed by atoms with Crippen molar-refractivity contribution in [2.24, 2.45) is 5.92 Å². The molecule has 100 valence electrons. The molecule has 1 N–H and O–H groups in total. The molecule has 1 aromatic rings. The lowest BCUT2D eigenvalue weighted by Crippen LogP contribution is -2.34. The molecule has 0 amide bonds. The van der Waals surface area contributed by atoms with Crippen molar-refractivity contribution in [1.82, 2.24) is 5.32 Å². The molecule has 0 spiro atoms. The normalized spacial score (nSPS) is 20.0. The van der Waals surface area contributed by atoms with Gasteiger partial charge in [0.2, 0.25) is 0 Å². The molecule has 0 radical (unpaired) electrons. The monoisotopic (exact) mass is 245 g/mol. The third-order valence-corrected chi connectivity index (χ3v) is 4.51. The molecule has 1 aliphatic carbocycles. The van der Waals surface area contributed by atoms with Gasteiger partial charge in [-0.3, -0.25) is 0 Å². The van der Waals surface area contributed by atoms with E-state index in [1.807, 2.05) is 0 Å². The highest BCUT2D eigenvalue weighted by Gasteiger charge is 2.23. The largest absolute Gasteiger partial charge is 0.307 e. The fourth-order valence-corrected chi connectivity index (χ4v) is 3.39. The van der Waals surface area contributed by atoms with Crippen LogP contribution < -0.4 is 5.32 Å². The first-order valence-electron chi connectivity index (χ1n) is 7.41. The van der Waals surface area contributed by atoms with Gasteiger partial charge < -0.3 is 5.32 Å². The highest BCUT2D eigenvalue weighted by Crippen LogP contribution is 2.29. The maximum atomic E-state index is 3.80. The SMILES string of the molecule is Cc1ccc(C(C)NC(C)C2CCCC2)c(C)c1. The second kappa shape index (κ2) is 5.88. The lowest BCUT2D eigenvalue weighted by atomic mass is 9.96. The summed E-state index contributed by atoms with van der Waals surface area (Å²) in [6, 6.07) is 7.89. The fraction of sp³-hybridized carbons (Fsp3) is 0.647. The molecule has 1 aliphatic rings. The van der Waals surface area contributed by atoms with Crippen molar-refractivity contribution in [3.63, 3.8) is 0 Å². The summed E-state index contributed by atoms with van der Waals surface area (Å²) in [6.07, 6.45) is 5.67. The van der Waals surface area contributed by atoms with E-state index in [9.17, 15) is 0 Å². The molecule has 1 heteroatoms. The molecule has 18 heavy (non-hydrogen) atoms. The van der Waals surface area contributed by atoms with Gasteiger partial charge in [0.05, 0.1) is 0 Å². The van der Waals surface area contributed by atoms with E-state index in [-0.39, 0.29) is 0 Å². The molecule has 2 atom stereocenters. The zero-order chi connectivity index (χ0) is 13.1. The first-order valence-corrected chi connectivity index (χ1v) is 7.41. The first-order chi connectivity index (χ1) is 8.58. The lowest BCUT2D eigenvalue weighted by Gasteiger charge is -2.26. The van der Waals surface area contributed by atoms with Gasteiger partial charge >= 0.3 is 0 Å². The Kier molecular flexibility index (Phi) is 4.45. The van der Waals surface area contributed by atoms with Crippen molar-refractivity contribution in [2.45, 2.75) is 65.5 Å². The summed E-state index contributed by atoms with van der Waals surface area (Å²) in [5.74, 6) is 0.887. The molecule has 0 aliphatic heterocycles. The number of nitrogens with one attached hydrogen (secondary N) is 1. The predicted octanol–water partition coefficient (Wildman–Crippen LogP) is 4.53. The van der Waals surface area contributed by atoms with Gasteiger partial charge in [-0.2, -0.15) is 0 Å². The van der Waals surface area contributed by atoms with Gasteiger partial charge in [-0.15, -0.1) is 0 Å². The summed E-state index contributed by atoms with van der Waals surface area (Å²) >= 11 is 0. The third-order valence-electron chi connectivity index (χ3n) is 4.51. The van der Waals surface area contributed by atoms with Crippen LogP contribution in [0.5, 0.6) is 0 Å². The van der Waals surface area contributed by atoms with Crippen LogP contribution in [0.25, 0.3) is 0 Å². The van der Waals surface area contributed by atoms with Crippen LogP contribution in [-0.4, -0.2) is 6.04 Å². The molecule has 1 fully saturated rings. The number of hydrogen-bond acceptors (Lipinski definition) is 1. The van der Waals surface area contributed by atoms with Gasteiger partial charge in [-0.25, -0.2) is 0 Å². The topological polar surface area (TPSA) is 12.0 Å². The molecule has 0 saturated heterocycles. The second-order valence-electron chi connectivity index (χ2n) is 6.08. The van der Waals surface area contributed by atoms with Crippen LogP contribution in [0.1, 0.15) is 62.3 Å². The third kappa shape index (κ3) is 3.14. The van der Waals surface area contributed by atoms with Crippen molar-refractivity contribution in [3.05, 3.63) is 34.9 Å². The molecule has 2 rings (SSSR count). The van der Waals surface area contributed by atoms with Crippen molar-refractivity contribution in [2.75, 3.05) is 0 Å². The van der Waals surface area contributed by atoms with E-state index in [0.717, 1.165) is 5.92 Å². The lowest BCUT2D eigenvalue weighted by molar-refractivity contribution is 0.352. The van der Waals surface area contributed by atoms with Crippen molar-refractivity contribution >= 4 is 0 Å². The smallest absolute Gasteiger partial charge is 0.0296 e. The van der Waals surface area contributed by atoms with Crippen LogP contribution in [0.15, 0.2) is 18.2 Å². The number of aryl methyl sites for hydroxylation is 2. The minimum Gasteiger partial charge on any atom is -0.307 e. The Morgan fingerprint density at radius 3 is 2.39 bits per heavy atom. The van der Waals surface area contributed by atoms with Gasteiger partial charge in [0, 0.05) is 12.1 Å². The average molecular weight is 245 g/mol. The van der Waals surface area contributed by atoms with Crippen LogP contribution in [0.3, 0.4) is 0 Å². The Labute approximate surface area is 112 Å². The van der Waals surface area contributed by atoms with Gasteiger partial charge in [0.15, 0.2) is 0 Å². The Balaban J connectivity index is 2.00. The molecule has 1 nitrogen and oxygen atoms in total. The highest BCUT2D eigenvalue weighted by molar-refractivity contribution is 5.32. The average Bonchev–Trinajstić information content (AvgIpc) is 2.81. The molecule has 0 aromatic heterocycles. The fourth-order valence-electron chi connectivity index (χ4n) is 3.39. The van der Waals surface area contributed by atoms with Crippen LogP contribution in [-0.2, 0) is 0 Å². The Hall–Kier alpha value is -0.820. The Morgan fingerprint density at radius 2 is 1.78 bits per heavy atom. The quantitative estimate of drug-likeness (QED) is 0.821. The van der Waals surface area contributed by atoms with Crippen molar-refractivity contribution in [1.29, 1.82) is 0 Å². The summed E-state index contributed by atoms with van der Waals surface area (Å²) in [5.41, 5.74) is 4.21. The van der Waals surface area contributed by atoms with Gasteiger partial charge in [0.1, 0.15) is 0 Å². The summed E-state index contributed by atoms with van der Waals surface area (Å²) in [6.45, 7) is 9.04. The van der Waals surface area contributed by atoms with Crippen molar-refractivity contribution < 1.29 is 0 Å². The maximum Gasteiger partial charge on any atom is 0.0296 e. The summed E-state index contributed by atoms with van der Waals surface area (Å²) in [5, 5.41) is 3.80.